The normalized spacial score (nSPS) is 13.3. The first-order chi connectivity index (χ1) is 27.0. The van der Waals surface area contributed by atoms with Gasteiger partial charge >= 0.3 is 0 Å². The Hall–Kier alpha value is -4.77. The van der Waals surface area contributed by atoms with Crippen LogP contribution in [0.2, 0.25) is 10.0 Å². The molecule has 6 heteroatoms. The molecular weight excluding hydrogens is 733 g/mol. The lowest BCUT2D eigenvalue weighted by Crippen LogP contribution is -2.15. The first-order valence-electron chi connectivity index (χ1n) is 20.0. The van der Waals surface area contributed by atoms with Crippen LogP contribution in [0.3, 0.4) is 0 Å². The number of phenolic OH excluding ortho intramolecular Hbond substituents is 1. The third kappa shape index (κ3) is 7.79. The van der Waals surface area contributed by atoms with Crippen LogP contribution in [0.1, 0.15) is 112 Å². The van der Waals surface area contributed by atoms with Gasteiger partial charge in [0.05, 0.1) is 12.1 Å². The van der Waals surface area contributed by atoms with Crippen LogP contribution >= 0.6 is 23.2 Å². The van der Waals surface area contributed by atoms with Crippen LogP contribution in [0, 0.1) is 0 Å². The van der Waals surface area contributed by atoms with E-state index in [4.69, 9.17) is 27.9 Å². The molecule has 0 aromatic heterocycles. The smallest absolute Gasteiger partial charge is 0.255 e. The van der Waals surface area contributed by atoms with E-state index in [-0.39, 0.29) is 11.7 Å². The Morgan fingerprint density at radius 1 is 0.750 bits per heavy atom. The standard InChI is InChI=1S/C50H51Cl2NO3/c1-6-8-9-10-11-12-13-31(7-2)32-14-16-33(17-15-32)34-18-20-36(21-19-34)49(55)53-38-24-22-35(23-25-38)39-28-40-42(30-46(39)56-5)50(3,4)43-29-45(54)48-41(47(40)43)26-37(51)27-44(48)52/h14-31,54H,6-13H2,1-5H3,(H,53,55). The van der Waals surface area contributed by atoms with E-state index in [2.05, 4.69) is 69.4 Å². The highest BCUT2D eigenvalue weighted by Crippen LogP contribution is 2.56. The molecule has 0 fully saturated rings. The van der Waals surface area contributed by atoms with Crippen LogP contribution in [0.4, 0.5) is 5.69 Å². The Kier molecular flexibility index (Phi) is 11.8. The molecule has 288 valence electrons. The zero-order valence-corrected chi connectivity index (χ0v) is 34.6. The van der Waals surface area contributed by atoms with Crippen molar-refractivity contribution in [2.45, 2.75) is 90.4 Å². The van der Waals surface area contributed by atoms with Crippen molar-refractivity contribution in [1.82, 2.24) is 0 Å². The summed E-state index contributed by atoms with van der Waals surface area (Å²) in [5.74, 6) is 1.31. The summed E-state index contributed by atoms with van der Waals surface area (Å²) in [7, 11) is 1.68. The molecular formula is C50H51Cl2NO3. The van der Waals surface area contributed by atoms with Gasteiger partial charge in [0.15, 0.2) is 0 Å². The molecule has 0 saturated carbocycles. The molecule has 0 saturated heterocycles. The van der Waals surface area contributed by atoms with Crippen LogP contribution < -0.4 is 10.1 Å². The molecule has 0 aliphatic heterocycles. The second-order valence-corrected chi connectivity index (χ2v) is 16.6. The lowest BCUT2D eigenvalue weighted by Gasteiger charge is -2.23. The van der Waals surface area contributed by atoms with Crippen molar-refractivity contribution in [1.29, 1.82) is 0 Å². The molecule has 7 rings (SSSR count). The number of hydrogen-bond acceptors (Lipinski definition) is 3. The first kappa shape index (κ1) is 39.5. The highest BCUT2D eigenvalue weighted by Gasteiger charge is 2.39. The van der Waals surface area contributed by atoms with Gasteiger partial charge in [0.25, 0.3) is 5.91 Å². The number of halogens is 2. The van der Waals surface area contributed by atoms with E-state index in [0.717, 1.165) is 62.1 Å². The molecule has 0 bridgehead atoms. The fraction of sp³-hybridized carbons (Fsp3) is 0.300. The Balaban J connectivity index is 1.06. The monoisotopic (exact) mass is 783 g/mol. The van der Waals surface area contributed by atoms with Crippen molar-refractivity contribution < 1.29 is 14.6 Å². The highest BCUT2D eigenvalue weighted by atomic mass is 35.5. The quantitative estimate of drug-likeness (QED) is 0.108. The zero-order chi connectivity index (χ0) is 39.6. The van der Waals surface area contributed by atoms with Gasteiger partial charge in [-0.25, -0.2) is 0 Å². The SMILES string of the molecule is CCCCCCCCC(CC)c1ccc(-c2ccc(C(=O)Nc3ccc(-c4cc5c(cc4OC)C(C)(C)c4cc(O)c6c(Cl)cc(Cl)cc6c4-5)cc3)cc2)cc1. The van der Waals surface area contributed by atoms with E-state index >= 15 is 0 Å². The predicted octanol–water partition coefficient (Wildman–Crippen LogP) is 15.0. The second kappa shape index (κ2) is 16.8. The summed E-state index contributed by atoms with van der Waals surface area (Å²) in [5.41, 5.74) is 10.5. The van der Waals surface area contributed by atoms with Crippen molar-refractivity contribution in [3.63, 3.8) is 0 Å². The highest BCUT2D eigenvalue weighted by molar-refractivity contribution is 6.39. The van der Waals surface area contributed by atoms with Gasteiger partial charge in [-0.3, -0.25) is 4.79 Å². The number of methoxy groups -OCH3 is 1. The molecule has 0 heterocycles. The number of nitrogens with one attached hydrogen (secondary N) is 1. The topological polar surface area (TPSA) is 58.6 Å². The summed E-state index contributed by atoms with van der Waals surface area (Å²) in [6.07, 6.45) is 10.4. The molecule has 1 amide bonds. The first-order valence-corrected chi connectivity index (χ1v) is 20.8. The van der Waals surface area contributed by atoms with Gasteiger partial charge in [0.1, 0.15) is 11.5 Å². The minimum atomic E-state index is -0.404. The van der Waals surface area contributed by atoms with E-state index in [1.165, 1.54) is 50.5 Å². The molecule has 1 aliphatic rings. The van der Waals surface area contributed by atoms with Crippen LogP contribution in [-0.2, 0) is 5.41 Å². The Morgan fingerprint density at radius 2 is 1.39 bits per heavy atom. The van der Waals surface area contributed by atoms with Gasteiger partial charge in [0.2, 0.25) is 0 Å². The lowest BCUT2D eigenvalue weighted by molar-refractivity contribution is 0.102. The largest absolute Gasteiger partial charge is 0.507 e. The average molecular weight is 785 g/mol. The van der Waals surface area contributed by atoms with Crippen molar-refractivity contribution >= 4 is 45.6 Å². The fourth-order valence-corrected chi connectivity index (χ4v) is 9.15. The number of aromatic hydroxyl groups is 1. The van der Waals surface area contributed by atoms with Crippen LogP contribution in [0.15, 0.2) is 103 Å². The maximum Gasteiger partial charge on any atom is 0.255 e. The lowest BCUT2D eigenvalue weighted by atomic mass is 9.81. The molecule has 6 aromatic carbocycles. The maximum absolute atomic E-state index is 13.3. The number of hydrogen-bond donors (Lipinski definition) is 2. The van der Waals surface area contributed by atoms with Gasteiger partial charge in [-0.1, -0.05) is 138 Å². The Bertz CT molecular complexity index is 2360. The molecule has 1 atom stereocenters. The van der Waals surface area contributed by atoms with Crippen LogP contribution in [-0.4, -0.2) is 18.1 Å². The number of rotatable bonds is 14. The van der Waals surface area contributed by atoms with Crippen molar-refractivity contribution in [3.8, 4) is 44.9 Å². The van der Waals surface area contributed by atoms with E-state index in [1.54, 1.807) is 13.2 Å². The summed E-state index contributed by atoms with van der Waals surface area (Å²) in [6, 6.07) is 34.2. The molecule has 0 radical (unpaired) electrons. The molecule has 0 spiro atoms. The zero-order valence-electron chi connectivity index (χ0n) is 33.1. The summed E-state index contributed by atoms with van der Waals surface area (Å²) >= 11 is 13.1. The fourth-order valence-electron chi connectivity index (χ4n) is 8.56. The summed E-state index contributed by atoms with van der Waals surface area (Å²) < 4.78 is 5.95. The van der Waals surface area contributed by atoms with Crippen molar-refractivity contribution in [3.05, 3.63) is 135 Å². The number of anilines is 1. The second-order valence-electron chi connectivity index (χ2n) is 15.7. The van der Waals surface area contributed by atoms with Crippen molar-refractivity contribution in [2.75, 3.05) is 12.4 Å². The number of ether oxygens (including phenoxy) is 1. The van der Waals surface area contributed by atoms with Gasteiger partial charge in [-0.2, -0.15) is 0 Å². The van der Waals surface area contributed by atoms with E-state index in [9.17, 15) is 9.90 Å². The third-order valence-electron chi connectivity index (χ3n) is 11.8. The number of amides is 1. The minimum Gasteiger partial charge on any atom is -0.507 e. The Morgan fingerprint density at radius 3 is 2.05 bits per heavy atom. The van der Waals surface area contributed by atoms with E-state index in [1.807, 2.05) is 60.7 Å². The van der Waals surface area contributed by atoms with Crippen LogP contribution in [0.25, 0.3) is 44.2 Å². The predicted molar refractivity (Wildman–Crippen MR) is 236 cm³/mol. The van der Waals surface area contributed by atoms with Gasteiger partial charge < -0.3 is 15.2 Å². The number of carbonyl (C=O) groups excluding carboxylic acids is 1. The average Bonchev–Trinajstić information content (AvgIpc) is 3.42. The van der Waals surface area contributed by atoms with Gasteiger partial charge in [-0.15, -0.1) is 0 Å². The molecule has 1 unspecified atom stereocenters. The minimum absolute atomic E-state index is 0.131. The number of carbonyl (C=O) groups is 1. The number of fused-ring (bicyclic) bond motifs is 5. The Labute approximate surface area is 341 Å². The van der Waals surface area contributed by atoms with Gasteiger partial charge in [-0.05, 0) is 123 Å². The maximum atomic E-state index is 13.3. The number of benzene rings is 6. The van der Waals surface area contributed by atoms with Crippen LogP contribution in [0.5, 0.6) is 11.5 Å². The van der Waals surface area contributed by atoms with Crippen molar-refractivity contribution in [2.24, 2.45) is 0 Å². The summed E-state index contributed by atoms with van der Waals surface area (Å²) in [5, 5.41) is 16.4. The van der Waals surface area contributed by atoms with Gasteiger partial charge in [0, 0.05) is 32.6 Å². The molecule has 1 aliphatic carbocycles. The molecule has 6 aromatic rings. The summed E-state index contributed by atoms with van der Waals surface area (Å²) in [4.78, 5) is 13.3. The molecule has 2 N–H and O–H groups in total. The summed E-state index contributed by atoms with van der Waals surface area (Å²) in [6.45, 7) is 8.86. The molecule has 56 heavy (non-hydrogen) atoms. The third-order valence-corrected chi connectivity index (χ3v) is 12.3. The number of phenols is 1. The molecule has 4 nitrogen and oxygen atoms in total. The number of unbranched alkanes of at least 4 members (excludes halogenated alkanes) is 5. The van der Waals surface area contributed by atoms with E-state index in [0.29, 0.717) is 32.6 Å². The van der Waals surface area contributed by atoms with E-state index < -0.39 is 5.41 Å².